The topological polar surface area (TPSA) is 9.34 Å². The maximum Gasteiger partial charge on any atom is 0.0626 e. The van der Waals surface area contributed by atoms with Gasteiger partial charge >= 0.3 is 0 Å². The summed E-state index contributed by atoms with van der Waals surface area (Å²) < 4.78 is 5.02. The number of fused-ring (bicyclic) bond motifs is 18. The molecule has 0 saturated carbocycles. The van der Waals surface area contributed by atoms with Crippen molar-refractivity contribution in [2.24, 2.45) is 0 Å². The number of aromatic nitrogens is 2. The van der Waals surface area contributed by atoms with Crippen molar-refractivity contribution in [3.63, 3.8) is 0 Å². The number of rotatable bonds is 1. The number of hydrogen-bond donors (Lipinski definition) is 0. The number of hydrogen-bond acceptors (Lipinski definition) is 0. The van der Waals surface area contributed by atoms with Gasteiger partial charge in [0.1, 0.15) is 0 Å². The smallest absolute Gasteiger partial charge is 0.0626 e. The van der Waals surface area contributed by atoms with Gasteiger partial charge in [-0.3, -0.25) is 0 Å². The summed E-state index contributed by atoms with van der Waals surface area (Å²) in [5.41, 5.74) is 7.50. The first-order valence-electron chi connectivity index (χ1n) is 16.7. The maximum absolute atomic E-state index is 2.53. The second-order valence-electron chi connectivity index (χ2n) is 13.3. The van der Waals surface area contributed by atoms with Gasteiger partial charge in [0.2, 0.25) is 0 Å². The van der Waals surface area contributed by atoms with Crippen molar-refractivity contribution >= 4 is 103 Å². The van der Waals surface area contributed by atoms with Crippen LogP contribution in [0.25, 0.3) is 109 Å². The van der Waals surface area contributed by atoms with Gasteiger partial charge < -0.3 is 8.97 Å². The van der Waals surface area contributed by atoms with Crippen LogP contribution in [0.2, 0.25) is 0 Å². The summed E-state index contributed by atoms with van der Waals surface area (Å²) in [6.07, 6.45) is 0. The van der Waals surface area contributed by atoms with Crippen molar-refractivity contribution in [1.29, 1.82) is 0 Å². The van der Waals surface area contributed by atoms with Gasteiger partial charge in [-0.15, -0.1) is 0 Å². The van der Waals surface area contributed by atoms with Gasteiger partial charge in [0.05, 0.1) is 27.6 Å². The molecule has 9 aromatic carbocycles. The van der Waals surface area contributed by atoms with E-state index in [0.717, 1.165) is 0 Å². The Morgan fingerprint density at radius 2 is 0.896 bits per heavy atom. The second kappa shape index (κ2) is 8.70. The van der Waals surface area contributed by atoms with Crippen LogP contribution >= 0.6 is 0 Å². The lowest BCUT2D eigenvalue weighted by Gasteiger charge is -2.14. The molecule has 220 valence electrons. The van der Waals surface area contributed by atoms with E-state index in [2.05, 4.69) is 167 Å². The number of nitrogens with zero attached hydrogens (tertiary/aromatic N) is 2. The molecule has 0 unspecified atom stereocenters. The van der Waals surface area contributed by atoms with Crippen LogP contribution in [-0.2, 0) is 0 Å². The van der Waals surface area contributed by atoms with E-state index in [9.17, 15) is 0 Å². The molecule has 2 heteroatoms. The number of benzene rings is 9. The molecule has 0 atom stereocenters. The van der Waals surface area contributed by atoms with Gasteiger partial charge in [-0.2, -0.15) is 0 Å². The molecular formula is C46H26N2. The highest BCUT2D eigenvalue weighted by atomic mass is 15.0. The minimum atomic E-state index is 1.18. The van der Waals surface area contributed by atoms with E-state index < -0.39 is 0 Å². The van der Waals surface area contributed by atoms with Gasteiger partial charge in [-0.05, 0) is 68.7 Å². The van der Waals surface area contributed by atoms with E-state index in [1.54, 1.807) is 0 Å². The van der Waals surface area contributed by atoms with Crippen molar-refractivity contribution in [2.75, 3.05) is 0 Å². The standard InChI is InChI=1S/C46H26N2/c1-3-13-30-27(11-1)21-23-33-32-15-5-6-16-34(32)45-44(42(30)33)36-18-8-9-19-39(36)47(45)29-22-24-41-37(26-29)38-25-28-12-2-4-14-31(28)43-35-17-7-10-20-40(35)48(41)46(38)43/h1-26H. The third-order valence-electron chi connectivity index (χ3n) is 11.0. The van der Waals surface area contributed by atoms with Gasteiger partial charge in [-0.25, -0.2) is 0 Å². The Hall–Kier alpha value is -6.38. The average Bonchev–Trinajstić information content (AvgIpc) is 3.79. The van der Waals surface area contributed by atoms with Crippen LogP contribution in [0, 0.1) is 0 Å². The first kappa shape index (κ1) is 24.8. The Labute approximate surface area is 274 Å². The van der Waals surface area contributed by atoms with Crippen molar-refractivity contribution in [3.05, 3.63) is 158 Å². The summed E-state index contributed by atoms with van der Waals surface area (Å²) in [6, 6.07) is 58.6. The lowest BCUT2D eigenvalue weighted by atomic mass is 9.93. The average molecular weight is 607 g/mol. The Morgan fingerprint density at radius 3 is 1.71 bits per heavy atom. The summed E-state index contributed by atoms with van der Waals surface area (Å²) in [7, 11) is 0. The molecule has 12 aromatic rings. The quantitative estimate of drug-likeness (QED) is 0.164. The molecule has 48 heavy (non-hydrogen) atoms. The fourth-order valence-electron chi connectivity index (χ4n) is 9.08. The molecule has 12 rings (SSSR count). The molecule has 0 aliphatic rings. The van der Waals surface area contributed by atoms with Crippen LogP contribution in [-0.4, -0.2) is 8.97 Å². The van der Waals surface area contributed by atoms with Crippen LogP contribution in [0.5, 0.6) is 0 Å². The van der Waals surface area contributed by atoms with Crippen LogP contribution in [0.15, 0.2) is 158 Å². The first-order valence-corrected chi connectivity index (χ1v) is 16.7. The molecule has 0 spiro atoms. The van der Waals surface area contributed by atoms with E-state index >= 15 is 0 Å². The van der Waals surface area contributed by atoms with Gasteiger partial charge in [0.25, 0.3) is 0 Å². The molecule has 3 aromatic heterocycles. The van der Waals surface area contributed by atoms with Crippen molar-refractivity contribution in [1.82, 2.24) is 8.97 Å². The largest absolute Gasteiger partial charge is 0.309 e. The van der Waals surface area contributed by atoms with E-state index in [4.69, 9.17) is 0 Å². The fourth-order valence-corrected chi connectivity index (χ4v) is 9.08. The van der Waals surface area contributed by atoms with Crippen LogP contribution in [0.1, 0.15) is 0 Å². The van der Waals surface area contributed by atoms with Gasteiger partial charge in [-0.1, -0.05) is 121 Å². The molecule has 0 bridgehead atoms. The second-order valence-corrected chi connectivity index (χ2v) is 13.3. The molecule has 0 N–H and O–H groups in total. The molecule has 0 radical (unpaired) electrons. The zero-order valence-electron chi connectivity index (χ0n) is 25.9. The normalized spacial score (nSPS) is 12.6. The highest BCUT2D eigenvalue weighted by Crippen LogP contribution is 2.47. The molecule has 2 nitrogen and oxygen atoms in total. The Bertz CT molecular complexity index is 3340. The zero-order chi connectivity index (χ0) is 31.1. The minimum absolute atomic E-state index is 1.18. The minimum Gasteiger partial charge on any atom is -0.309 e. The number of para-hydroxylation sites is 2. The lowest BCUT2D eigenvalue weighted by Crippen LogP contribution is -1.95. The monoisotopic (exact) mass is 606 g/mol. The predicted molar refractivity (Wildman–Crippen MR) is 205 cm³/mol. The maximum atomic E-state index is 2.53. The molecule has 0 fully saturated rings. The van der Waals surface area contributed by atoms with E-state index in [1.165, 1.54) is 109 Å². The molecule has 0 aliphatic carbocycles. The van der Waals surface area contributed by atoms with E-state index in [0.29, 0.717) is 0 Å². The van der Waals surface area contributed by atoms with Gasteiger partial charge in [0.15, 0.2) is 0 Å². The van der Waals surface area contributed by atoms with Gasteiger partial charge in [0, 0.05) is 48.8 Å². The van der Waals surface area contributed by atoms with Crippen molar-refractivity contribution in [3.8, 4) is 5.69 Å². The van der Waals surface area contributed by atoms with Crippen molar-refractivity contribution < 1.29 is 0 Å². The summed E-state index contributed by atoms with van der Waals surface area (Å²) >= 11 is 0. The van der Waals surface area contributed by atoms with Crippen LogP contribution < -0.4 is 0 Å². The molecule has 0 amide bonds. The molecule has 3 heterocycles. The summed E-state index contributed by atoms with van der Waals surface area (Å²) in [5, 5.41) is 18.2. The Morgan fingerprint density at radius 1 is 0.292 bits per heavy atom. The third-order valence-corrected chi connectivity index (χ3v) is 11.0. The molecule has 0 saturated heterocycles. The van der Waals surface area contributed by atoms with E-state index in [-0.39, 0.29) is 0 Å². The molecular weight excluding hydrogens is 581 g/mol. The SMILES string of the molecule is c1ccc2c(c1)ccc1c3ccccc3c3c(c4ccccc4n3-c3ccc4c(c3)c3cc5ccccc5c5c6ccccc6n4c35)c21. The highest BCUT2D eigenvalue weighted by molar-refractivity contribution is 6.37. The zero-order valence-corrected chi connectivity index (χ0v) is 25.9. The first-order chi connectivity index (χ1) is 23.8. The van der Waals surface area contributed by atoms with Crippen LogP contribution in [0.4, 0.5) is 0 Å². The molecule has 0 aliphatic heterocycles. The van der Waals surface area contributed by atoms with Crippen LogP contribution in [0.3, 0.4) is 0 Å². The Balaban J connectivity index is 1.30. The third kappa shape index (κ3) is 2.91. The summed E-state index contributed by atoms with van der Waals surface area (Å²) in [5.74, 6) is 0. The highest BCUT2D eigenvalue weighted by Gasteiger charge is 2.23. The fraction of sp³-hybridized carbons (Fsp3) is 0. The lowest BCUT2D eigenvalue weighted by molar-refractivity contribution is 1.19. The van der Waals surface area contributed by atoms with E-state index in [1.807, 2.05) is 0 Å². The Kier molecular flexibility index (Phi) is 4.49. The summed E-state index contributed by atoms with van der Waals surface area (Å²) in [4.78, 5) is 0. The predicted octanol–water partition coefficient (Wildman–Crippen LogP) is 12.5. The van der Waals surface area contributed by atoms with Crippen molar-refractivity contribution in [2.45, 2.75) is 0 Å². The summed E-state index contributed by atoms with van der Waals surface area (Å²) in [6.45, 7) is 0.